The number of anilines is 1. The maximum atomic E-state index is 13.9. The lowest BCUT2D eigenvalue weighted by atomic mass is 9.82. The molecule has 0 bridgehead atoms. The number of hydrogen-bond acceptors (Lipinski definition) is 2. The molecule has 22 heavy (non-hydrogen) atoms. The predicted octanol–water partition coefficient (Wildman–Crippen LogP) is 4.37. The van der Waals surface area contributed by atoms with Crippen LogP contribution in [0.3, 0.4) is 0 Å². The number of benzene rings is 1. The summed E-state index contributed by atoms with van der Waals surface area (Å²) in [6.45, 7) is 12.1. The highest BCUT2D eigenvalue weighted by Crippen LogP contribution is 2.47. The van der Waals surface area contributed by atoms with Crippen molar-refractivity contribution >= 4 is 5.69 Å². The number of nitrogens with one attached hydrogen (secondary N) is 1. The van der Waals surface area contributed by atoms with Crippen molar-refractivity contribution in [2.24, 2.45) is 5.41 Å². The molecular weight excluding hydrogens is 275 g/mol. The first kappa shape index (κ1) is 15.8. The molecule has 0 aliphatic carbocycles. The fourth-order valence-electron chi connectivity index (χ4n) is 4.63. The Morgan fingerprint density at radius 1 is 1.32 bits per heavy atom. The van der Waals surface area contributed by atoms with Crippen LogP contribution >= 0.6 is 0 Å². The van der Waals surface area contributed by atoms with E-state index in [0.717, 1.165) is 24.2 Å². The van der Waals surface area contributed by atoms with E-state index in [4.69, 9.17) is 0 Å². The van der Waals surface area contributed by atoms with Crippen molar-refractivity contribution in [1.29, 1.82) is 0 Å². The van der Waals surface area contributed by atoms with Crippen LogP contribution in [-0.2, 0) is 6.42 Å². The fourth-order valence-corrected chi connectivity index (χ4v) is 4.63. The molecule has 1 atom stereocenters. The maximum Gasteiger partial charge on any atom is 0.128 e. The molecule has 2 aliphatic rings. The van der Waals surface area contributed by atoms with Gasteiger partial charge in [-0.15, -0.1) is 0 Å². The van der Waals surface area contributed by atoms with Crippen molar-refractivity contribution in [3.8, 4) is 0 Å². The van der Waals surface area contributed by atoms with Gasteiger partial charge in [-0.1, -0.05) is 26.8 Å². The first-order valence-electron chi connectivity index (χ1n) is 8.63. The van der Waals surface area contributed by atoms with Crippen LogP contribution in [0.1, 0.15) is 51.2 Å². The molecular formula is C19H29FN2. The van der Waals surface area contributed by atoms with Gasteiger partial charge in [0.1, 0.15) is 5.82 Å². The van der Waals surface area contributed by atoms with Gasteiger partial charge < -0.3 is 5.32 Å². The number of hydrogen-bond donors (Lipinski definition) is 1. The highest BCUT2D eigenvalue weighted by molar-refractivity contribution is 5.53. The summed E-state index contributed by atoms with van der Waals surface area (Å²) in [7, 11) is 0. The largest absolute Gasteiger partial charge is 0.383 e. The third-order valence-corrected chi connectivity index (χ3v) is 5.54. The summed E-state index contributed by atoms with van der Waals surface area (Å²) in [6, 6.07) is 3.67. The average Bonchev–Trinajstić information content (AvgIpc) is 2.92. The zero-order valence-electron chi connectivity index (χ0n) is 14.4. The van der Waals surface area contributed by atoms with E-state index in [1.165, 1.54) is 37.9 Å². The van der Waals surface area contributed by atoms with Crippen molar-refractivity contribution in [2.45, 2.75) is 58.9 Å². The summed E-state index contributed by atoms with van der Waals surface area (Å²) < 4.78 is 13.9. The normalized spacial score (nSPS) is 27.1. The van der Waals surface area contributed by atoms with Crippen molar-refractivity contribution < 1.29 is 4.39 Å². The number of aryl methyl sites for hydroxylation is 2. The van der Waals surface area contributed by atoms with E-state index < -0.39 is 0 Å². The molecule has 1 aromatic rings. The van der Waals surface area contributed by atoms with Gasteiger partial charge in [-0.3, -0.25) is 4.90 Å². The smallest absolute Gasteiger partial charge is 0.128 e. The monoisotopic (exact) mass is 304 g/mol. The average molecular weight is 304 g/mol. The summed E-state index contributed by atoms with van der Waals surface area (Å²) in [5.74, 6) is -0.104. The molecule has 0 saturated carbocycles. The quantitative estimate of drug-likeness (QED) is 0.888. The molecule has 1 aromatic carbocycles. The number of nitrogens with zero attached hydrogens (tertiary/aromatic N) is 1. The predicted molar refractivity (Wildman–Crippen MR) is 90.9 cm³/mol. The van der Waals surface area contributed by atoms with E-state index in [9.17, 15) is 4.39 Å². The summed E-state index contributed by atoms with van der Waals surface area (Å²) in [4.78, 5) is 2.66. The number of fused-ring (bicyclic) bond motifs is 1. The Morgan fingerprint density at radius 2 is 2.09 bits per heavy atom. The lowest BCUT2D eigenvalue weighted by molar-refractivity contribution is 0.209. The Morgan fingerprint density at radius 3 is 2.82 bits per heavy atom. The molecule has 3 rings (SSSR count). The van der Waals surface area contributed by atoms with Crippen molar-refractivity contribution in [2.75, 3.05) is 25.0 Å². The second kappa shape index (κ2) is 5.52. The van der Waals surface area contributed by atoms with Crippen LogP contribution in [-0.4, -0.2) is 30.1 Å². The van der Waals surface area contributed by atoms with Gasteiger partial charge in [0.2, 0.25) is 0 Å². The first-order chi connectivity index (χ1) is 10.4. The molecule has 0 amide bonds. The maximum absolute atomic E-state index is 13.9. The third kappa shape index (κ3) is 2.76. The highest BCUT2D eigenvalue weighted by Gasteiger charge is 2.51. The SMILES string of the molecule is CCc1cc(C)c(F)cc1NCC12CCCN1CC(C)(C)C2. The second-order valence-corrected chi connectivity index (χ2v) is 8.06. The fraction of sp³-hybridized carbons (Fsp3) is 0.684. The molecule has 2 heterocycles. The molecule has 0 spiro atoms. The van der Waals surface area contributed by atoms with Crippen LogP contribution in [0, 0.1) is 18.2 Å². The Kier molecular flexibility index (Phi) is 3.96. The van der Waals surface area contributed by atoms with Gasteiger partial charge in [0.25, 0.3) is 0 Å². The molecule has 2 aliphatic heterocycles. The van der Waals surface area contributed by atoms with Gasteiger partial charge in [-0.25, -0.2) is 4.39 Å². The van der Waals surface area contributed by atoms with Crippen molar-refractivity contribution in [3.05, 3.63) is 29.1 Å². The summed E-state index contributed by atoms with van der Waals surface area (Å²) in [5, 5.41) is 3.59. The standard InChI is InChI=1S/C19H29FN2/c1-5-15-9-14(2)16(20)10-17(15)21-12-19-7-6-8-22(19)13-18(3,4)11-19/h9-10,21H,5-8,11-13H2,1-4H3. The summed E-state index contributed by atoms with van der Waals surface area (Å²) in [5.41, 5.74) is 3.61. The lowest BCUT2D eigenvalue weighted by Gasteiger charge is -2.33. The van der Waals surface area contributed by atoms with E-state index >= 15 is 0 Å². The molecule has 0 radical (unpaired) electrons. The molecule has 2 fully saturated rings. The number of halogens is 1. The molecule has 1 unspecified atom stereocenters. The zero-order chi connectivity index (χ0) is 16.0. The summed E-state index contributed by atoms with van der Waals surface area (Å²) in [6.07, 6.45) is 4.73. The van der Waals surface area contributed by atoms with Gasteiger partial charge in [-0.05, 0) is 61.8 Å². The Labute approximate surface area is 134 Å². The van der Waals surface area contributed by atoms with Crippen LogP contribution in [0.4, 0.5) is 10.1 Å². The minimum atomic E-state index is -0.104. The molecule has 1 N–H and O–H groups in total. The third-order valence-electron chi connectivity index (χ3n) is 5.54. The van der Waals surface area contributed by atoms with E-state index in [1.807, 2.05) is 13.0 Å². The van der Waals surface area contributed by atoms with E-state index in [-0.39, 0.29) is 11.4 Å². The van der Waals surface area contributed by atoms with Gasteiger partial charge in [-0.2, -0.15) is 0 Å². The van der Waals surface area contributed by atoms with Crippen LogP contribution in [0.2, 0.25) is 0 Å². The molecule has 3 heteroatoms. The second-order valence-electron chi connectivity index (χ2n) is 8.06. The van der Waals surface area contributed by atoms with E-state index in [2.05, 4.69) is 31.0 Å². The van der Waals surface area contributed by atoms with E-state index in [1.54, 1.807) is 6.07 Å². The lowest BCUT2D eigenvalue weighted by Crippen LogP contribution is -2.44. The topological polar surface area (TPSA) is 15.3 Å². The van der Waals surface area contributed by atoms with Crippen molar-refractivity contribution in [3.63, 3.8) is 0 Å². The van der Waals surface area contributed by atoms with Gasteiger partial charge >= 0.3 is 0 Å². The first-order valence-corrected chi connectivity index (χ1v) is 8.63. The zero-order valence-corrected chi connectivity index (χ0v) is 14.4. The van der Waals surface area contributed by atoms with Gasteiger partial charge in [0, 0.05) is 24.3 Å². The highest BCUT2D eigenvalue weighted by atomic mass is 19.1. The summed E-state index contributed by atoms with van der Waals surface area (Å²) >= 11 is 0. The Hall–Kier alpha value is -1.09. The van der Waals surface area contributed by atoms with Gasteiger partial charge in [0.05, 0.1) is 0 Å². The van der Waals surface area contributed by atoms with Crippen LogP contribution in [0.5, 0.6) is 0 Å². The minimum Gasteiger partial charge on any atom is -0.383 e. The van der Waals surface area contributed by atoms with Crippen LogP contribution in [0.15, 0.2) is 12.1 Å². The van der Waals surface area contributed by atoms with Crippen LogP contribution < -0.4 is 5.32 Å². The van der Waals surface area contributed by atoms with Crippen molar-refractivity contribution in [1.82, 2.24) is 4.90 Å². The van der Waals surface area contributed by atoms with Crippen LogP contribution in [0.25, 0.3) is 0 Å². The van der Waals surface area contributed by atoms with Gasteiger partial charge in [0.15, 0.2) is 0 Å². The Balaban J connectivity index is 1.79. The Bertz CT molecular complexity index is 567. The molecule has 2 nitrogen and oxygen atoms in total. The number of rotatable bonds is 4. The molecule has 2 saturated heterocycles. The minimum absolute atomic E-state index is 0.104. The molecule has 122 valence electrons. The van der Waals surface area contributed by atoms with E-state index in [0.29, 0.717) is 5.41 Å². The molecule has 0 aromatic heterocycles.